The summed E-state index contributed by atoms with van der Waals surface area (Å²) in [5.74, 6) is -0.0659. The van der Waals surface area contributed by atoms with Crippen LogP contribution in [0.1, 0.15) is 18.1 Å². The monoisotopic (exact) mass is 230 g/mol. The molecule has 0 saturated carbocycles. The van der Waals surface area contributed by atoms with Crippen LogP contribution in [0.3, 0.4) is 0 Å². The summed E-state index contributed by atoms with van der Waals surface area (Å²) in [4.78, 5) is 0.328. The molecule has 0 fully saturated rings. The second-order valence-corrected chi connectivity index (χ2v) is 4.60. The fraction of sp³-hybridized carbons (Fsp3) is 0.400. The summed E-state index contributed by atoms with van der Waals surface area (Å²) >= 11 is 3.40. The largest absolute Gasteiger partial charge is 0.206 e. The van der Waals surface area contributed by atoms with E-state index in [4.69, 9.17) is 0 Å². The van der Waals surface area contributed by atoms with Gasteiger partial charge in [0.1, 0.15) is 5.82 Å². The van der Waals surface area contributed by atoms with Gasteiger partial charge < -0.3 is 0 Å². The van der Waals surface area contributed by atoms with Crippen LogP contribution in [-0.2, 0) is 6.42 Å². The Morgan fingerprint density at radius 1 is 1.50 bits per heavy atom. The molecule has 0 aliphatic rings. The summed E-state index contributed by atoms with van der Waals surface area (Å²) in [7, 11) is 0. The van der Waals surface area contributed by atoms with Gasteiger partial charge in [-0.25, -0.2) is 4.39 Å². The number of alkyl halides is 1. The first kappa shape index (κ1) is 9.72. The summed E-state index contributed by atoms with van der Waals surface area (Å²) in [6.07, 6.45) is 0.744. The second-order valence-electron chi connectivity index (χ2n) is 3.03. The van der Waals surface area contributed by atoms with Crippen LogP contribution in [0.25, 0.3) is 0 Å². The molecule has 0 N–H and O–H groups in total. The van der Waals surface area contributed by atoms with Gasteiger partial charge in [-0.3, -0.25) is 0 Å². The second kappa shape index (κ2) is 4.04. The Hall–Kier alpha value is -0.370. The molecule has 0 spiro atoms. The van der Waals surface area contributed by atoms with E-state index in [1.54, 1.807) is 13.0 Å². The molecule has 1 atom stereocenters. The number of hydrogen-bond acceptors (Lipinski definition) is 0. The Labute approximate surface area is 80.9 Å². The maximum absolute atomic E-state index is 13.3. The van der Waals surface area contributed by atoms with Gasteiger partial charge in [0.2, 0.25) is 0 Å². The van der Waals surface area contributed by atoms with Gasteiger partial charge in [-0.1, -0.05) is 41.1 Å². The zero-order chi connectivity index (χ0) is 9.14. The van der Waals surface area contributed by atoms with Crippen LogP contribution in [0.15, 0.2) is 18.2 Å². The lowest BCUT2D eigenvalue weighted by Gasteiger charge is -2.06. The molecular formula is C10H12BrF. The molecule has 1 aromatic carbocycles. The van der Waals surface area contributed by atoms with Crippen molar-refractivity contribution in [2.45, 2.75) is 25.1 Å². The third-order valence-electron chi connectivity index (χ3n) is 1.77. The van der Waals surface area contributed by atoms with E-state index >= 15 is 0 Å². The Morgan fingerprint density at radius 3 is 2.75 bits per heavy atom. The van der Waals surface area contributed by atoms with E-state index in [-0.39, 0.29) is 5.82 Å². The fourth-order valence-corrected chi connectivity index (χ4v) is 1.52. The lowest BCUT2D eigenvalue weighted by atomic mass is 10.1. The number of rotatable bonds is 2. The third kappa shape index (κ3) is 2.31. The molecule has 0 nitrogen and oxygen atoms in total. The average molecular weight is 231 g/mol. The summed E-state index contributed by atoms with van der Waals surface area (Å²) in [5.41, 5.74) is 1.51. The SMILES string of the molecule is Cc1cccc(CC(C)Br)c1F. The van der Waals surface area contributed by atoms with Crippen molar-refractivity contribution in [1.82, 2.24) is 0 Å². The van der Waals surface area contributed by atoms with E-state index in [1.165, 1.54) is 0 Å². The van der Waals surface area contributed by atoms with Crippen LogP contribution in [0.2, 0.25) is 0 Å². The molecule has 1 rings (SSSR count). The zero-order valence-corrected chi connectivity index (χ0v) is 8.86. The molecule has 0 aromatic heterocycles. The predicted octanol–water partition coefficient (Wildman–Crippen LogP) is 3.46. The molecular weight excluding hydrogens is 219 g/mol. The fourth-order valence-electron chi connectivity index (χ4n) is 1.17. The van der Waals surface area contributed by atoms with Crippen molar-refractivity contribution in [3.05, 3.63) is 35.1 Å². The van der Waals surface area contributed by atoms with E-state index in [2.05, 4.69) is 15.9 Å². The van der Waals surface area contributed by atoms with Crippen LogP contribution >= 0.6 is 15.9 Å². The highest BCUT2D eigenvalue weighted by Gasteiger charge is 2.06. The van der Waals surface area contributed by atoms with E-state index in [0.717, 1.165) is 17.5 Å². The topological polar surface area (TPSA) is 0 Å². The highest BCUT2D eigenvalue weighted by atomic mass is 79.9. The van der Waals surface area contributed by atoms with E-state index in [0.29, 0.717) is 4.83 Å². The predicted molar refractivity (Wildman–Crippen MR) is 53.2 cm³/mol. The van der Waals surface area contributed by atoms with Crippen molar-refractivity contribution in [2.24, 2.45) is 0 Å². The molecule has 2 heteroatoms. The number of benzene rings is 1. The van der Waals surface area contributed by atoms with Gasteiger partial charge in [0.05, 0.1) is 0 Å². The Balaban J connectivity index is 2.92. The van der Waals surface area contributed by atoms with Crippen molar-refractivity contribution >= 4 is 15.9 Å². The maximum Gasteiger partial charge on any atom is 0.129 e. The minimum atomic E-state index is -0.0659. The first-order valence-corrected chi connectivity index (χ1v) is 4.91. The summed E-state index contributed by atoms with van der Waals surface area (Å²) < 4.78 is 13.3. The average Bonchev–Trinajstić information content (AvgIpc) is 1.98. The van der Waals surface area contributed by atoms with Crippen LogP contribution in [0, 0.1) is 12.7 Å². The number of aryl methyl sites for hydroxylation is 1. The first-order valence-electron chi connectivity index (χ1n) is 3.99. The first-order chi connectivity index (χ1) is 5.61. The lowest BCUT2D eigenvalue weighted by molar-refractivity contribution is 0.600. The summed E-state index contributed by atoms with van der Waals surface area (Å²) in [6, 6.07) is 5.51. The molecule has 66 valence electrons. The van der Waals surface area contributed by atoms with Crippen molar-refractivity contribution in [3.63, 3.8) is 0 Å². The molecule has 0 saturated heterocycles. The molecule has 1 unspecified atom stereocenters. The standard InChI is InChI=1S/C10H12BrF/c1-7-4-3-5-9(10(7)12)6-8(2)11/h3-5,8H,6H2,1-2H3. The smallest absolute Gasteiger partial charge is 0.129 e. The molecule has 0 amide bonds. The van der Waals surface area contributed by atoms with Gasteiger partial charge in [-0.05, 0) is 24.5 Å². The summed E-state index contributed by atoms with van der Waals surface area (Å²) in [6.45, 7) is 3.81. The minimum Gasteiger partial charge on any atom is -0.206 e. The molecule has 0 heterocycles. The number of halogens is 2. The molecule has 0 aliphatic carbocycles. The normalized spacial score (nSPS) is 13.0. The van der Waals surface area contributed by atoms with Gasteiger partial charge in [0.25, 0.3) is 0 Å². The van der Waals surface area contributed by atoms with Crippen molar-refractivity contribution in [3.8, 4) is 0 Å². The Bertz CT molecular complexity index is 269. The van der Waals surface area contributed by atoms with Gasteiger partial charge in [0.15, 0.2) is 0 Å². The molecule has 0 radical (unpaired) electrons. The van der Waals surface area contributed by atoms with Crippen molar-refractivity contribution < 1.29 is 4.39 Å². The highest BCUT2D eigenvalue weighted by Crippen LogP contribution is 2.15. The number of hydrogen-bond donors (Lipinski definition) is 0. The van der Waals surface area contributed by atoms with E-state index in [9.17, 15) is 4.39 Å². The third-order valence-corrected chi connectivity index (χ3v) is 2.10. The minimum absolute atomic E-state index is 0.0659. The van der Waals surface area contributed by atoms with Crippen LogP contribution < -0.4 is 0 Å². The molecule has 12 heavy (non-hydrogen) atoms. The van der Waals surface area contributed by atoms with Gasteiger partial charge in [-0.15, -0.1) is 0 Å². The van der Waals surface area contributed by atoms with Crippen LogP contribution in [0.4, 0.5) is 4.39 Å². The van der Waals surface area contributed by atoms with Gasteiger partial charge in [0, 0.05) is 4.83 Å². The molecule has 0 aliphatic heterocycles. The van der Waals surface area contributed by atoms with Gasteiger partial charge >= 0.3 is 0 Å². The van der Waals surface area contributed by atoms with Crippen LogP contribution in [-0.4, -0.2) is 4.83 Å². The summed E-state index contributed by atoms with van der Waals surface area (Å²) in [5, 5.41) is 0. The lowest BCUT2D eigenvalue weighted by Crippen LogP contribution is -2.00. The van der Waals surface area contributed by atoms with E-state index < -0.39 is 0 Å². The zero-order valence-electron chi connectivity index (χ0n) is 7.27. The van der Waals surface area contributed by atoms with Crippen molar-refractivity contribution in [1.29, 1.82) is 0 Å². The highest BCUT2D eigenvalue weighted by molar-refractivity contribution is 9.09. The van der Waals surface area contributed by atoms with Gasteiger partial charge in [-0.2, -0.15) is 0 Å². The van der Waals surface area contributed by atoms with Crippen LogP contribution in [0.5, 0.6) is 0 Å². The van der Waals surface area contributed by atoms with Crippen molar-refractivity contribution in [2.75, 3.05) is 0 Å². The Kier molecular flexibility index (Phi) is 3.27. The quantitative estimate of drug-likeness (QED) is 0.683. The maximum atomic E-state index is 13.3. The Morgan fingerprint density at radius 2 is 2.17 bits per heavy atom. The van der Waals surface area contributed by atoms with E-state index in [1.807, 2.05) is 19.1 Å². The molecule has 1 aromatic rings. The molecule has 0 bridgehead atoms.